The first-order chi connectivity index (χ1) is 19.0. The molecular weight excluding hydrogens is 532 g/mol. The first kappa shape index (κ1) is 25.0. The molecule has 3 aromatic carbocycles. The Kier molecular flexibility index (Phi) is 6.67. The lowest BCUT2D eigenvalue weighted by Gasteiger charge is -2.15. The Bertz CT molecular complexity index is 1820. The molecule has 0 aliphatic heterocycles. The molecule has 196 valence electrons. The lowest BCUT2D eigenvalue weighted by Crippen LogP contribution is -2.14. The number of rotatable bonds is 8. The van der Waals surface area contributed by atoms with Crippen LogP contribution in [0.3, 0.4) is 0 Å². The molecule has 3 heterocycles. The number of carbonyl (C=O) groups excluding carboxylic acids is 1. The van der Waals surface area contributed by atoms with Crippen molar-refractivity contribution >= 4 is 55.3 Å². The van der Waals surface area contributed by atoms with E-state index in [1.54, 1.807) is 14.2 Å². The number of thioether (sulfide) groups is 1. The summed E-state index contributed by atoms with van der Waals surface area (Å²) < 4.78 is 14.1. The smallest absolute Gasteiger partial charge is 0.236 e. The van der Waals surface area contributed by atoms with E-state index >= 15 is 0 Å². The molecule has 2 N–H and O–H groups in total. The normalized spacial score (nSPS) is 11.3. The van der Waals surface area contributed by atoms with Gasteiger partial charge in [0.2, 0.25) is 5.91 Å². The molecule has 0 atom stereocenters. The van der Waals surface area contributed by atoms with Crippen LogP contribution in [-0.4, -0.2) is 50.6 Å². The number of carbonyl (C=O) groups is 1. The second-order valence-corrected chi connectivity index (χ2v) is 10.7. The monoisotopic (exact) mass is 556 g/mol. The Morgan fingerprint density at radius 2 is 1.95 bits per heavy atom. The Morgan fingerprint density at radius 3 is 2.79 bits per heavy atom. The molecule has 0 unspecified atom stereocenters. The molecule has 0 saturated carbocycles. The summed E-state index contributed by atoms with van der Waals surface area (Å²) in [5.41, 5.74) is 4.58. The van der Waals surface area contributed by atoms with Crippen LogP contribution in [0, 0.1) is 6.92 Å². The first-order valence-corrected chi connectivity index (χ1v) is 13.9. The van der Waals surface area contributed by atoms with Gasteiger partial charge in [-0.1, -0.05) is 47.4 Å². The third-order valence-electron chi connectivity index (χ3n) is 6.21. The van der Waals surface area contributed by atoms with Crippen molar-refractivity contribution in [2.24, 2.45) is 0 Å². The number of hydrogen-bond donors (Lipinski definition) is 2. The molecule has 9 nitrogen and oxygen atoms in total. The molecule has 0 radical (unpaired) electrons. The highest BCUT2D eigenvalue weighted by Crippen LogP contribution is 2.37. The molecular formula is C28H24N6O3S2. The minimum Gasteiger partial charge on any atom is -0.497 e. The van der Waals surface area contributed by atoms with Crippen LogP contribution in [0.25, 0.3) is 38.2 Å². The molecule has 0 saturated heterocycles. The summed E-state index contributed by atoms with van der Waals surface area (Å²) in [7, 11) is 3.22. The van der Waals surface area contributed by atoms with Gasteiger partial charge >= 0.3 is 0 Å². The zero-order valence-electron chi connectivity index (χ0n) is 21.4. The molecule has 0 aliphatic carbocycles. The fraction of sp³-hybridized carbons (Fsp3) is 0.143. The van der Waals surface area contributed by atoms with Crippen LogP contribution in [0.4, 0.5) is 5.13 Å². The molecule has 0 bridgehead atoms. The maximum Gasteiger partial charge on any atom is 0.236 e. The number of hydrogen-bond acceptors (Lipinski definition) is 8. The number of nitrogens with one attached hydrogen (secondary N) is 2. The quantitative estimate of drug-likeness (QED) is 0.219. The van der Waals surface area contributed by atoms with Crippen molar-refractivity contribution in [1.29, 1.82) is 0 Å². The summed E-state index contributed by atoms with van der Waals surface area (Å²) in [4.78, 5) is 20.8. The van der Waals surface area contributed by atoms with Gasteiger partial charge in [-0.3, -0.25) is 9.36 Å². The Labute approximate surface area is 232 Å². The van der Waals surface area contributed by atoms with Gasteiger partial charge in [0.05, 0.1) is 35.9 Å². The molecule has 6 rings (SSSR count). The number of ether oxygens (including phenoxy) is 2. The number of nitrogens with zero attached hydrogens (tertiary/aromatic N) is 4. The molecule has 6 aromatic rings. The van der Waals surface area contributed by atoms with Crippen LogP contribution >= 0.6 is 23.1 Å². The summed E-state index contributed by atoms with van der Waals surface area (Å²) >= 11 is 2.74. The minimum atomic E-state index is -0.184. The lowest BCUT2D eigenvalue weighted by atomic mass is 10.1. The number of aryl methyl sites for hydroxylation is 1. The van der Waals surface area contributed by atoms with Gasteiger partial charge in [0.25, 0.3) is 0 Å². The number of methoxy groups -OCH3 is 2. The van der Waals surface area contributed by atoms with E-state index in [9.17, 15) is 4.79 Å². The van der Waals surface area contributed by atoms with E-state index in [1.165, 1.54) is 23.1 Å². The van der Waals surface area contributed by atoms with Gasteiger partial charge in [-0.25, -0.2) is 4.98 Å². The molecule has 1 amide bonds. The largest absolute Gasteiger partial charge is 0.497 e. The maximum absolute atomic E-state index is 12.9. The van der Waals surface area contributed by atoms with Gasteiger partial charge in [0.15, 0.2) is 16.1 Å². The molecule has 11 heteroatoms. The average molecular weight is 557 g/mol. The maximum atomic E-state index is 12.9. The van der Waals surface area contributed by atoms with Crippen molar-refractivity contribution in [2.45, 2.75) is 12.1 Å². The van der Waals surface area contributed by atoms with Crippen LogP contribution in [0.2, 0.25) is 0 Å². The predicted molar refractivity (Wildman–Crippen MR) is 155 cm³/mol. The summed E-state index contributed by atoms with van der Waals surface area (Å²) in [6.07, 6.45) is 1.91. The lowest BCUT2D eigenvalue weighted by molar-refractivity contribution is -0.113. The van der Waals surface area contributed by atoms with Gasteiger partial charge in [-0.05, 0) is 42.8 Å². The minimum absolute atomic E-state index is 0.118. The number of aromatic nitrogens is 5. The van der Waals surface area contributed by atoms with Gasteiger partial charge in [-0.15, -0.1) is 10.2 Å². The molecule has 0 aliphatic rings. The standard InChI is InChI=1S/C28H24N6O3S2/c1-16-8-10-21-24(12-16)39-27(30-21)31-25(35)15-38-28-33-32-26(19-14-29-20-7-5-4-6-18(19)20)34(28)22-13-17(36-2)9-11-23(22)37-3/h4-14,29H,15H2,1-3H3,(H,30,31,35). The first-order valence-electron chi connectivity index (χ1n) is 12.1. The van der Waals surface area contributed by atoms with Crippen molar-refractivity contribution in [3.63, 3.8) is 0 Å². The number of para-hydroxylation sites is 1. The van der Waals surface area contributed by atoms with Gasteiger partial charge < -0.3 is 19.8 Å². The van der Waals surface area contributed by atoms with Crippen molar-refractivity contribution in [1.82, 2.24) is 24.7 Å². The van der Waals surface area contributed by atoms with E-state index in [0.717, 1.165) is 32.2 Å². The Morgan fingerprint density at radius 1 is 1.08 bits per heavy atom. The summed E-state index contributed by atoms with van der Waals surface area (Å²) in [6.45, 7) is 2.03. The number of anilines is 1. The third kappa shape index (κ3) is 4.82. The third-order valence-corrected chi connectivity index (χ3v) is 8.08. The van der Waals surface area contributed by atoms with Gasteiger partial charge in [-0.2, -0.15) is 0 Å². The molecule has 0 spiro atoms. The van der Waals surface area contributed by atoms with Crippen molar-refractivity contribution in [3.05, 3.63) is 72.4 Å². The molecule has 0 fully saturated rings. The van der Waals surface area contributed by atoms with Crippen LogP contribution in [0.15, 0.2) is 72.0 Å². The number of aromatic amines is 1. The number of H-pyrrole nitrogens is 1. The topological polar surface area (TPSA) is 107 Å². The SMILES string of the molecule is COc1ccc(OC)c(-n2c(SCC(=O)Nc3nc4ccc(C)cc4s3)nnc2-c2c[nH]c3ccccc23)c1. The van der Waals surface area contributed by atoms with E-state index in [0.29, 0.717) is 33.3 Å². The number of fused-ring (bicyclic) bond motifs is 2. The highest BCUT2D eigenvalue weighted by Gasteiger charge is 2.22. The van der Waals surface area contributed by atoms with Crippen LogP contribution in [0.5, 0.6) is 11.5 Å². The van der Waals surface area contributed by atoms with E-state index in [2.05, 4.69) is 31.5 Å². The Hall–Kier alpha value is -4.35. The number of amides is 1. The van der Waals surface area contributed by atoms with Crippen molar-refractivity contribution in [3.8, 4) is 28.6 Å². The van der Waals surface area contributed by atoms with Crippen molar-refractivity contribution < 1.29 is 14.3 Å². The van der Waals surface area contributed by atoms with E-state index in [-0.39, 0.29) is 11.7 Å². The summed E-state index contributed by atoms with van der Waals surface area (Å²) in [6, 6.07) is 19.6. The summed E-state index contributed by atoms with van der Waals surface area (Å²) in [5, 5.41) is 14.1. The van der Waals surface area contributed by atoms with Crippen LogP contribution < -0.4 is 14.8 Å². The van der Waals surface area contributed by atoms with Crippen LogP contribution in [0.1, 0.15) is 5.56 Å². The zero-order valence-corrected chi connectivity index (χ0v) is 23.0. The van der Waals surface area contributed by atoms with E-state index < -0.39 is 0 Å². The second kappa shape index (κ2) is 10.4. The fourth-order valence-electron chi connectivity index (χ4n) is 4.35. The highest BCUT2D eigenvalue weighted by molar-refractivity contribution is 7.99. The predicted octanol–water partition coefficient (Wildman–Crippen LogP) is 6.08. The highest BCUT2D eigenvalue weighted by atomic mass is 32.2. The Balaban J connectivity index is 1.35. The number of benzene rings is 3. The second-order valence-electron chi connectivity index (χ2n) is 8.75. The number of thiazole rings is 1. The average Bonchev–Trinajstić information content (AvgIpc) is 3.67. The summed E-state index contributed by atoms with van der Waals surface area (Å²) in [5.74, 6) is 1.82. The van der Waals surface area contributed by atoms with E-state index in [4.69, 9.17) is 9.47 Å². The molecule has 3 aromatic heterocycles. The van der Waals surface area contributed by atoms with Gasteiger partial charge in [0.1, 0.15) is 11.5 Å². The van der Waals surface area contributed by atoms with Crippen molar-refractivity contribution in [2.75, 3.05) is 25.3 Å². The van der Waals surface area contributed by atoms with Gasteiger partial charge in [0, 0.05) is 28.7 Å². The van der Waals surface area contributed by atoms with Crippen LogP contribution in [-0.2, 0) is 4.79 Å². The zero-order chi connectivity index (χ0) is 26.9. The van der Waals surface area contributed by atoms with E-state index in [1.807, 2.05) is 72.3 Å². The molecule has 39 heavy (non-hydrogen) atoms. The fourth-order valence-corrected chi connectivity index (χ4v) is 6.08.